The van der Waals surface area contributed by atoms with E-state index in [9.17, 15) is 24.8 Å². The molecule has 0 radical (unpaired) electrons. The van der Waals surface area contributed by atoms with Crippen molar-refractivity contribution in [3.63, 3.8) is 0 Å². The average molecular weight is 591 g/mol. The number of hydrogen-bond donors (Lipinski definition) is 2. The summed E-state index contributed by atoms with van der Waals surface area (Å²) in [4.78, 5) is 40.2. The van der Waals surface area contributed by atoms with Gasteiger partial charge in [-0.2, -0.15) is 0 Å². The highest BCUT2D eigenvalue weighted by Gasteiger charge is 2.66. The molecule has 1 fully saturated rings. The maximum absolute atomic E-state index is 15.7. The molecule has 0 bridgehead atoms. The second-order valence-electron chi connectivity index (χ2n) is 11.6. The third-order valence-corrected chi connectivity index (χ3v) is 11.1. The first-order chi connectivity index (χ1) is 20.0. The molecule has 0 saturated carbocycles. The number of carbonyl (C=O) groups excluding carboxylic acids is 1. The molecule has 4 aromatic rings. The Balaban J connectivity index is 1.43. The number of amides is 1. The van der Waals surface area contributed by atoms with Gasteiger partial charge in [0.25, 0.3) is 17.2 Å². The van der Waals surface area contributed by atoms with Crippen LogP contribution in [0.2, 0.25) is 18.6 Å². The summed E-state index contributed by atoms with van der Waals surface area (Å²) in [6.07, 6.45) is -0.569. The molecule has 3 aromatic carbocycles. The number of benzene rings is 3. The van der Waals surface area contributed by atoms with E-state index in [1.165, 1.54) is 27.8 Å². The van der Waals surface area contributed by atoms with Gasteiger partial charge in [0.05, 0.1) is 39.8 Å². The van der Waals surface area contributed by atoms with E-state index in [1.807, 2.05) is 18.2 Å². The quantitative estimate of drug-likeness (QED) is 0.136. The number of non-ortho nitro benzene ring substituents is 1. The van der Waals surface area contributed by atoms with Gasteiger partial charge in [0, 0.05) is 35.8 Å². The number of nitrogens with one attached hydrogen (secondary N) is 1. The summed E-state index contributed by atoms with van der Waals surface area (Å²) in [6, 6.07) is 18.6. The van der Waals surface area contributed by atoms with Gasteiger partial charge in [0.15, 0.2) is 5.60 Å². The normalized spacial score (nSPS) is 23.7. The Kier molecular flexibility index (Phi) is 6.67. The van der Waals surface area contributed by atoms with E-state index in [0.717, 1.165) is 0 Å². The van der Waals surface area contributed by atoms with Crippen molar-refractivity contribution < 1.29 is 23.7 Å². The zero-order valence-electron chi connectivity index (χ0n) is 23.4. The van der Waals surface area contributed by atoms with E-state index in [4.69, 9.17) is 4.74 Å². The largest absolute Gasteiger partial charge is 0.396 e. The van der Waals surface area contributed by atoms with E-state index in [-0.39, 0.29) is 30.8 Å². The molecule has 6 rings (SSSR count). The van der Waals surface area contributed by atoms with E-state index in [1.54, 1.807) is 50.3 Å². The molecular formula is C30H31FN4O6Si. The highest BCUT2D eigenvalue weighted by molar-refractivity contribution is 6.72. The van der Waals surface area contributed by atoms with Crippen LogP contribution in [0.25, 0.3) is 16.6 Å². The monoisotopic (exact) mass is 590 g/mol. The predicted octanol–water partition coefficient (Wildman–Crippen LogP) is 4.93. The Bertz CT molecular complexity index is 1780. The number of aromatic nitrogens is 2. The number of nitro groups is 1. The Morgan fingerprint density at radius 2 is 1.88 bits per heavy atom. The fraction of sp³-hybridized carbons (Fsp3) is 0.333. The average Bonchev–Trinajstić information content (AvgIpc) is 3.53. The third kappa shape index (κ3) is 4.20. The summed E-state index contributed by atoms with van der Waals surface area (Å²) in [6.45, 7) is 4.74. The van der Waals surface area contributed by atoms with Crippen LogP contribution in [-0.4, -0.2) is 46.8 Å². The van der Waals surface area contributed by atoms with Crippen molar-refractivity contribution in [3.8, 4) is 5.69 Å². The van der Waals surface area contributed by atoms with Crippen LogP contribution >= 0.6 is 0 Å². The smallest absolute Gasteiger partial charge is 0.279 e. The van der Waals surface area contributed by atoms with Gasteiger partial charge in [-0.25, -0.2) is 4.68 Å². The van der Waals surface area contributed by atoms with Gasteiger partial charge in [-0.15, -0.1) is 0 Å². The first kappa shape index (κ1) is 28.0. The van der Waals surface area contributed by atoms with Crippen LogP contribution in [-0.2, 0) is 21.7 Å². The number of aliphatic hydroxyl groups is 1. The summed E-state index contributed by atoms with van der Waals surface area (Å²) in [7, 11) is -3.40. The number of H-pyrrole nitrogens is 1. The summed E-state index contributed by atoms with van der Waals surface area (Å²) in [5.41, 5.74) is 0.125. The fourth-order valence-corrected chi connectivity index (χ4v) is 9.46. The number of rotatable bonds is 7. The minimum absolute atomic E-state index is 0.0933. The number of ether oxygens (including phenoxy) is 1. The standard InChI is InChI=1S/C30H31FN4O6Si/c1-18-27(42(2,3)31)26(13-14-36)41-30(18)23-16-21(35(39)40)11-12-25(23)33(29(30)38)17-19-7-6-8-20(15-19)34-28(37)22-9-4-5-10-24(22)32-34/h4-12,15-16,18,26-27,32,36H,13-14,17H2,1-3H3/t18-,26+,27-,30+/m0/s1. The molecule has 4 atom stereocenters. The number of halogens is 1. The lowest BCUT2D eigenvalue weighted by molar-refractivity contribution is -0.385. The minimum atomic E-state index is -3.40. The van der Waals surface area contributed by atoms with Crippen LogP contribution in [0.4, 0.5) is 15.5 Å². The van der Waals surface area contributed by atoms with Gasteiger partial charge < -0.3 is 18.9 Å². The Morgan fingerprint density at radius 1 is 1.12 bits per heavy atom. The maximum Gasteiger partial charge on any atom is 0.279 e. The van der Waals surface area contributed by atoms with E-state index < -0.39 is 42.4 Å². The molecule has 1 aromatic heterocycles. The highest BCUT2D eigenvalue weighted by atomic mass is 28.4. The van der Waals surface area contributed by atoms with Crippen LogP contribution in [0.15, 0.2) is 71.5 Å². The van der Waals surface area contributed by atoms with Gasteiger partial charge in [0.2, 0.25) is 8.41 Å². The van der Waals surface area contributed by atoms with Crippen molar-refractivity contribution >= 4 is 36.6 Å². The molecule has 10 nitrogen and oxygen atoms in total. The molecule has 1 amide bonds. The summed E-state index contributed by atoms with van der Waals surface area (Å²) in [5.74, 6) is -1.06. The molecule has 0 unspecified atom stereocenters. The number of nitro benzene ring substituents is 1. The lowest BCUT2D eigenvalue weighted by atomic mass is 9.82. The fourth-order valence-electron chi connectivity index (χ4n) is 6.92. The van der Waals surface area contributed by atoms with E-state index in [2.05, 4.69) is 5.10 Å². The molecule has 0 aliphatic carbocycles. The first-order valence-corrected chi connectivity index (χ1v) is 16.8. The van der Waals surface area contributed by atoms with Crippen LogP contribution in [0, 0.1) is 16.0 Å². The SMILES string of the molecule is C[C@H]1[C@H]([Si](C)(C)F)[C@@H](CCO)O[C@]12C(=O)N(Cc1cccc(-n3[nH]c4ccccc4c3=O)c1)c1ccc([N+](=O)[O-])cc12. The number of anilines is 1. The van der Waals surface area contributed by atoms with Crippen molar-refractivity contribution in [3.05, 3.63) is 98.3 Å². The lowest BCUT2D eigenvalue weighted by Gasteiger charge is -2.31. The number of nitrogens with zero attached hydrogens (tertiary/aromatic N) is 3. The second-order valence-corrected chi connectivity index (χ2v) is 15.4. The number of aliphatic hydroxyl groups excluding tert-OH is 1. The van der Waals surface area contributed by atoms with E-state index >= 15 is 4.11 Å². The van der Waals surface area contributed by atoms with Gasteiger partial charge in [-0.3, -0.25) is 24.8 Å². The van der Waals surface area contributed by atoms with Gasteiger partial charge >= 0.3 is 0 Å². The minimum Gasteiger partial charge on any atom is -0.396 e. The lowest BCUT2D eigenvalue weighted by Crippen LogP contribution is -2.45. The number of hydrogen-bond acceptors (Lipinski definition) is 6. The summed E-state index contributed by atoms with van der Waals surface area (Å²) < 4.78 is 23.6. The Morgan fingerprint density at radius 3 is 2.57 bits per heavy atom. The highest BCUT2D eigenvalue weighted by Crippen LogP contribution is 2.60. The molecule has 12 heteroatoms. The number of para-hydroxylation sites is 1. The van der Waals surface area contributed by atoms with Crippen LogP contribution in [0.1, 0.15) is 24.5 Å². The van der Waals surface area contributed by atoms with Crippen molar-refractivity contribution in [2.24, 2.45) is 5.92 Å². The van der Waals surface area contributed by atoms with Crippen LogP contribution in [0.3, 0.4) is 0 Å². The van der Waals surface area contributed by atoms with E-state index in [0.29, 0.717) is 33.4 Å². The number of aromatic amines is 1. The topological polar surface area (TPSA) is 131 Å². The summed E-state index contributed by atoms with van der Waals surface area (Å²) >= 11 is 0. The van der Waals surface area contributed by atoms with Gasteiger partial charge in [-0.05, 0) is 55.4 Å². The zero-order valence-corrected chi connectivity index (χ0v) is 24.4. The number of fused-ring (bicyclic) bond motifs is 3. The zero-order chi connectivity index (χ0) is 30.0. The van der Waals surface area contributed by atoms with Gasteiger partial charge in [-0.1, -0.05) is 31.2 Å². The molecule has 218 valence electrons. The molecule has 1 saturated heterocycles. The van der Waals surface area contributed by atoms with Crippen molar-refractivity contribution in [2.45, 2.75) is 50.2 Å². The van der Waals surface area contributed by atoms with Crippen molar-refractivity contribution in [2.75, 3.05) is 11.5 Å². The molecule has 3 heterocycles. The predicted molar refractivity (Wildman–Crippen MR) is 158 cm³/mol. The van der Waals surface area contributed by atoms with Gasteiger partial charge in [0.1, 0.15) is 0 Å². The third-order valence-electron chi connectivity index (χ3n) is 8.67. The maximum atomic E-state index is 15.7. The Labute approximate surface area is 241 Å². The molecule has 2 aliphatic heterocycles. The molecule has 2 N–H and O–H groups in total. The second kappa shape index (κ2) is 10.0. The molecule has 42 heavy (non-hydrogen) atoms. The first-order valence-electron chi connectivity index (χ1n) is 13.8. The molecule has 2 aliphatic rings. The Hall–Kier alpha value is -4.13. The van der Waals surface area contributed by atoms with Crippen molar-refractivity contribution in [1.29, 1.82) is 0 Å². The number of carbonyl (C=O) groups is 1. The van der Waals surface area contributed by atoms with Crippen LogP contribution in [0.5, 0.6) is 0 Å². The van der Waals surface area contributed by atoms with Crippen molar-refractivity contribution in [1.82, 2.24) is 9.78 Å². The molecule has 1 spiro atoms. The molecular weight excluding hydrogens is 559 g/mol. The van der Waals surface area contributed by atoms with Crippen LogP contribution < -0.4 is 10.5 Å². The summed E-state index contributed by atoms with van der Waals surface area (Å²) in [5, 5.41) is 25.1.